The van der Waals surface area contributed by atoms with Crippen molar-refractivity contribution in [2.75, 3.05) is 38.1 Å². The van der Waals surface area contributed by atoms with Gasteiger partial charge in [-0.25, -0.2) is 4.98 Å². The first-order valence-corrected chi connectivity index (χ1v) is 7.48. The van der Waals surface area contributed by atoms with Crippen LogP contribution in [-0.4, -0.2) is 43.1 Å². The number of aromatic nitrogens is 1. The van der Waals surface area contributed by atoms with Crippen molar-refractivity contribution in [3.63, 3.8) is 0 Å². The summed E-state index contributed by atoms with van der Waals surface area (Å²) in [6.45, 7) is 11.2. The Morgan fingerprint density at radius 1 is 1.16 bits per heavy atom. The highest BCUT2D eigenvalue weighted by molar-refractivity contribution is 5.38. The normalized spacial score (nSPS) is 16.2. The third-order valence-corrected chi connectivity index (χ3v) is 3.34. The van der Waals surface area contributed by atoms with Crippen LogP contribution in [0.5, 0.6) is 0 Å². The Balaban J connectivity index is 0.000000258. The average Bonchev–Trinajstić information content (AvgIpc) is 2.41. The zero-order valence-corrected chi connectivity index (χ0v) is 13.0. The number of hydrogen-bond donors (Lipinski definition) is 0. The number of pyridine rings is 1. The van der Waals surface area contributed by atoms with E-state index < -0.39 is 0 Å². The molecule has 0 radical (unpaired) electrons. The molecule has 108 valence electrons. The van der Waals surface area contributed by atoms with Gasteiger partial charge in [0.25, 0.3) is 0 Å². The zero-order valence-electron chi connectivity index (χ0n) is 13.0. The summed E-state index contributed by atoms with van der Waals surface area (Å²) in [4.78, 5) is 9.01. The summed E-state index contributed by atoms with van der Waals surface area (Å²) in [6, 6.07) is 6.07. The van der Waals surface area contributed by atoms with E-state index in [0.717, 1.165) is 37.9 Å². The van der Waals surface area contributed by atoms with Crippen LogP contribution >= 0.6 is 0 Å². The van der Waals surface area contributed by atoms with Gasteiger partial charge in [-0.2, -0.15) is 0 Å². The third kappa shape index (κ3) is 6.58. The van der Waals surface area contributed by atoms with Gasteiger partial charge in [0.1, 0.15) is 5.82 Å². The number of nitrogens with zero attached hydrogens (tertiary/aromatic N) is 3. The average molecular weight is 263 g/mol. The third-order valence-electron chi connectivity index (χ3n) is 3.34. The first-order valence-electron chi connectivity index (χ1n) is 7.48. The molecule has 0 aliphatic carbocycles. The molecule has 0 N–H and O–H groups in total. The van der Waals surface area contributed by atoms with Crippen LogP contribution in [0.1, 0.15) is 33.6 Å². The van der Waals surface area contributed by atoms with Crippen LogP contribution in [0.25, 0.3) is 0 Å². The molecular formula is C16H29N3. The van der Waals surface area contributed by atoms with Crippen LogP contribution < -0.4 is 4.90 Å². The summed E-state index contributed by atoms with van der Waals surface area (Å²) in [5, 5.41) is 0. The molecule has 1 saturated heterocycles. The van der Waals surface area contributed by atoms with Crippen LogP contribution in [0.3, 0.4) is 0 Å². The van der Waals surface area contributed by atoms with E-state index in [1.807, 2.05) is 18.3 Å². The summed E-state index contributed by atoms with van der Waals surface area (Å²) >= 11 is 0. The molecule has 0 unspecified atom stereocenters. The standard InChI is InChI=1S/C10H15N3.C6H14/c1-12-6-8-13(9-7-12)10-4-2-3-5-11-10;1-4-5-6(2)3/h2-5H,6-9H2,1H3;6H,4-5H2,1-3H3. The Kier molecular flexibility index (Phi) is 7.49. The number of piperazine rings is 1. The van der Waals surface area contributed by atoms with Gasteiger partial charge >= 0.3 is 0 Å². The molecule has 2 rings (SSSR count). The molecular weight excluding hydrogens is 234 g/mol. The molecule has 1 aliphatic rings. The molecule has 1 fully saturated rings. The molecule has 0 atom stereocenters. The molecule has 1 aromatic heterocycles. The number of rotatable bonds is 3. The van der Waals surface area contributed by atoms with E-state index in [1.165, 1.54) is 12.8 Å². The first-order chi connectivity index (χ1) is 9.13. The van der Waals surface area contributed by atoms with E-state index in [4.69, 9.17) is 0 Å². The van der Waals surface area contributed by atoms with Crippen LogP contribution in [0.2, 0.25) is 0 Å². The lowest BCUT2D eigenvalue weighted by molar-refractivity contribution is 0.312. The van der Waals surface area contributed by atoms with Crippen LogP contribution in [0.4, 0.5) is 5.82 Å². The van der Waals surface area contributed by atoms with Crippen molar-refractivity contribution in [1.29, 1.82) is 0 Å². The molecule has 0 saturated carbocycles. The minimum atomic E-state index is 0.898. The second-order valence-electron chi connectivity index (χ2n) is 5.66. The van der Waals surface area contributed by atoms with E-state index in [2.05, 4.69) is 48.7 Å². The fourth-order valence-electron chi connectivity index (χ4n) is 2.15. The quantitative estimate of drug-likeness (QED) is 0.834. The van der Waals surface area contributed by atoms with E-state index in [1.54, 1.807) is 0 Å². The number of hydrogen-bond acceptors (Lipinski definition) is 3. The van der Waals surface area contributed by atoms with Crippen molar-refractivity contribution in [2.24, 2.45) is 5.92 Å². The van der Waals surface area contributed by atoms with Crippen molar-refractivity contribution in [2.45, 2.75) is 33.6 Å². The van der Waals surface area contributed by atoms with Crippen molar-refractivity contribution >= 4 is 5.82 Å². The Morgan fingerprint density at radius 2 is 1.84 bits per heavy atom. The maximum atomic E-state index is 4.33. The SMILES string of the molecule is CCCC(C)C.CN1CCN(c2ccccn2)CC1. The van der Waals surface area contributed by atoms with Crippen molar-refractivity contribution in [3.05, 3.63) is 24.4 Å². The Labute approximate surface area is 118 Å². The highest BCUT2D eigenvalue weighted by atomic mass is 15.3. The lowest BCUT2D eigenvalue weighted by Gasteiger charge is -2.33. The predicted octanol–water partition coefficient (Wildman–Crippen LogP) is 3.28. The van der Waals surface area contributed by atoms with E-state index >= 15 is 0 Å². The van der Waals surface area contributed by atoms with Crippen molar-refractivity contribution in [1.82, 2.24) is 9.88 Å². The monoisotopic (exact) mass is 263 g/mol. The topological polar surface area (TPSA) is 19.4 Å². The molecule has 1 aliphatic heterocycles. The van der Waals surface area contributed by atoms with Gasteiger partial charge in [-0.1, -0.05) is 39.7 Å². The fraction of sp³-hybridized carbons (Fsp3) is 0.688. The fourth-order valence-corrected chi connectivity index (χ4v) is 2.15. The molecule has 0 bridgehead atoms. The highest BCUT2D eigenvalue weighted by Crippen LogP contribution is 2.11. The van der Waals surface area contributed by atoms with Crippen molar-refractivity contribution < 1.29 is 0 Å². The van der Waals surface area contributed by atoms with E-state index in [-0.39, 0.29) is 0 Å². The van der Waals surface area contributed by atoms with Gasteiger partial charge in [-0.15, -0.1) is 0 Å². The van der Waals surface area contributed by atoms with Gasteiger partial charge < -0.3 is 9.80 Å². The summed E-state index contributed by atoms with van der Waals surface area (Å²) in [7, 11) is 2.16. The second-order valence-corrected chi connectivity index (χ2v) is 5.66. The molecule has 2 heterocycles. The van der Waals surface area contributed by atoms with Crippen molar-refractivity contribution in [3.8, 4) is 0 Å². The maximum absolute atomic E-state index is 4.33. The summed E-state index contributed by atoms with van der Waals surface area (Å²) in [5.74, 6) is 2.01. The Morgan fingerprint density at radius 3 is 2.26 bits per heavy atom. The molecule has 3 nitrogen and oxygen atoms in total. The molecule has 0 amide bonds. The molecule has 19 heavy (non-hydrogen) atoms. The lowest BCUT2D eigenvalue weighted by Crippen LogP contribution is -2.44. The molecule has 3 heteroatoms. The maximum Gasteiger partial charge on any atom is 0.128 e. The van der Waals surface area contributed by atoms with Crippen LogP contribution in [0, 0.1) is 5.92 Å². The van der Waals surface area contributed by atoms with Gasteiger partial charge in [0.05, 0.1) is 0 Å². The largest absolute Gasteiger partial charge is 0.354 e. The van der Waals surface area contributed by atoms with Gasteiger partial charge in [0, 0.05) is 32.4 Å². The summed E-state index contributed by atoms with van der Waals surface area (Å²) in [6.07, 6.45) is 4.56. The number of likely N-dealkylation sites (N-methyl/N-ethyl adjacent to an activating group) is 1. The van der Waals surface area contributed by atoms with E-state index in [9.17, 15) is 0 Å². The van der Waals surface area contributed by atoms with Gasteiger partial charge in [0.2, 0.25) is 0 Å². The first kappa shape index (κ1) is 16.0. The molecule has 0 aromatic carbocycles. The number of anilines is 1. The highest BCUT2D eigenvalue weighted by Gasteiger charge is 2.14. The predicted molar refractivity (Wildman–Crippen MR) is 83.7 cm³/mol. The Bertz CT molecular complexity index is 316. The zero-order chi connectivity index (χ0) is 14.1. The van der Waals surface area contributed by atoms with Gasteiger partial charge in [0.15, 0.2) is 0 Å². The van der Waals surface area contributed by atoms with E-state index in [0.29, 0.717) is 0 Å². The smallest absolute Gasteiger partial charge is 0.128 e. The summed E-state index contributed by atoms with van der Waals surface area (Å²) < 4.78 is 0. The van der Waals surface area contributed by atoms with Crippen LogP contribution in [-0.2, 0) is 0 Å². The van der Waals surface area contributed by atoms with Gasteiger partial charge in [-0.05, 0) is 25.1 Å². The van der Waals surface area contributed by atoms with Crippen LogP contribution in [0.15, 0.2) is 24.4 Å². The Hall–Kier alpha value is -1.09. The molecule has 1 aromatic rings. The van der Waals surface area contributed by atoms with Gasteiger partial charge in [-0.3, -0.25) is 0 Å². The minimum absolute atomic E-state index is 0.898. The minimum Gasteiger partial charge on any atom is -0.354 e. The lowest BCUT2D eigenvalue weighted by atomic mass is 10.1. The second kappa shape index (κ2) is 8.92. The summed E-state index contributed by atoms with van der Waals surface area (Å²) in [5.41, 5.74) is 0. The molecule has 0 spiro atoms.